The van der Waals surface area contributed by atoms with Crippen LogP contribution in [-0.4, -0.2) is 74.1 Å². The summed E-state index contributed by atoms with van der Waals surface area (Å²) in [6, 6.07) is 28.8. The molecule has 4 amide bonds. The first-order valence-corrected chi connectivity index (χ1v) is 27.0. The Labute approximate surface area is 445 Å². The van der Waals surface area contributed by atoms with Gasteiger partial charge >= 0.3 is 0 Å². The smallest absolute Gasteiger partial charge is 0.258 e. The van der Waals surface area contributed by atoms with E-state index in [2.05, 4.69) is 22.8 Å². The van der Waals surface area contributed by atoms with Gasteiger partial charge in [-0.1, -0.05) is 43.3 Å². The molecule has 0 unspecified atom stereocenters. The molecule has 5 aromatic rings. The number of fused-ring (bicyclic) bond motifs is 8. The van der Waals surface area contributed by atoms with E-state index in [1.807, 2.05) is 89.5 Å². The number of methoxy groups -OCH3 is 2. The van der Waals surface area contributed by atoms with Gasteiger partial charge in [-0.15, -0.1) is 0 Å². The van der Waals surface area contributed by atoms with Gasteiger partial charge in [0.05, 0.1) is 13.2 Å². The SMILES string of the molecule is COCCCCC(=O)CCCCC(=O)N[C@@H](C)C(=O)C[C@@H](C)C(=O)Nc1cc(COc2cc3c(cc2C)C(=O)N2c4ccccc4C[C@H]2CC3)cc(COc2cc3c(cc2OC)C(=O)N2c4ccccc4C[C@H]2CC3)c1. The average Bonchev–Trinajstić information content (AvgIpc) is 3.93. The van der Waals surface area contributed by atoms with Gasteiger partial charge in [0.2, 0.25) is 11.8 Å². The number of amides is 4. The predicted molar refractivity (Wildman–Crippen MR) is 292 cm³/mol. The van der Waals surface area contributed by atoms with E-state index in [-0.39, 0.29) is 73.3 Å². The van der Waals surface area contributed by atoms with Crippen LogP contribution >= 0.6 is 0 Å². The number of aryl methyl sites for hydroxylation is 3. The molecule has 14 heteroatoms. The molecule has 5 aromatic carbocycles. The van der Waals surface area contributed by atoms with E-state index in [4.69, 9.17) is 18.9 Å². The Balaban J connectivity index is 0.883. The van der Waals surface area contributed by atoms with Gasteiger partial charge in [-0.05, 0) is 172 Å². The van der Waals surface area contributed by atoms with Gasteiger partial charge in [0, 0.05) is 85.6 Å². The normalized spacial score (nSPS) is 16.9. The lowest BCUT2D eigenvalue weighted by atomic mass is 9.98. The highest BCUT2D eigenvalue weighted by atomic mass is 16.5. The topological polar surface area (TPSA) is 170 Å². The molecule has 0 spiro atoms. The predicted octanol–water partition coefficient (Wildman–Crippen LogP) is 10.2. The number of ketones is 2. The summed E-state index contributed by atoms with van der Waals surface area (Å²) in [6.07, 6.45) is 8.48. The third-order valence-electron chi connectivity index (χ3n) is 15.4. The number of para-hydroxylation sites is 2. The Morgan fingerprint density at radius 3 is 1.80 bits per heavy atom. The Morgan fingerprint density at radius 2 is 1.20 bits per heavy atom. The first-order valence-electron chi connectivity index (χ1n) is 27.0. The third kappa shape index (κ3) is 12.2. The van der Waals surface area contributed by atoms with Crippen molar-refractivity contribution >= 4 is 52.3 Å². The van der Waals surface area contributed by atoms with E-state index in [0.29, 0.717) is 72.8 Å². The molecule has 4 atom stereocenters. The number of Topliss-reactive ketones (excluding diaryl/α,β-unsaturated/α-hetero) is 2. The van der Waals surface area contributed by atoms with Crippen LogP contribution in [0.5, 0.6) is 17.2 Å². The summed E-state index contributed by atoms with van der Waals surface area (Å²) in [5, 5.41) is 5.79. The van der Waals surface area contributed by atoms with Crippen LogP contribution in [0.25, 0.3) is 0 Å². The Hall–Kier alpha value is -7.32. The molecule has 4 aliphatic heterocycles. The highest BCUT2D eigenvalue weighted by molar-refractivity contribution is 6.10. The van der Waals surface area contributed by atoms with Crippen LogP contribution in [0.3, 0.4) is 0 Å². The Morgan fingerprint density at radius 1 is 0.645 bits per heavy atom. The number of nitrogens with zero attached hydrogens (tertiary/aromatic N) is 2. The van der Waals surface area contributed by atoms with Gasteiger partial charge in [-0.25, -0.2) is 0 Å². The monoisotopic (exact) mass is 1030 g/mol. The van der Waals surface area contributed by atoms with E-state index < -0.39 is 12.0 Å². The highest BCUT2D eigenvalue weighted by Gasteiger charge is 2.39. The molecule has 0 aliphatic carbocycles. The van der Waals surface area contributed by atoms with Crippen LogP contribution in [0.2, 0.25) is 0 Å². The molecule has 0 aromatic heterocycles. The number of hydrogen-bond donors (Lipinski definition) is 2. The lowest BCUT2D eigenvalue weighted by Crippen LogP contribution is -2.39. The van der Waals surface area contributed by atoms with Crippen molar-refractivity contribution in [1.82, 2.24) is 5.32 Å². The molecule has 0 bridgehead atoms. The molecule has 9 rings (SSSR count). The van der Waals surface area contributed by atoms with Gasteiger partial charge in [-0.2, -0.15) is 0 Å². The number of hydrogen-bond acceptors (Lipinski definition) is 10. The zero-order valence-corrected chi connectivity index (χ0v) is 44.5. The number of benzene rings is 5. The minimum absolute atomic E-state index is 0.00500. The molecule has 2 N–H and O–H groups in total. The fourth-order valence-electron chi connectivity index (χ4n) is 11.3. The maximum Gasteiger partial charge on any atom is 0.258 e. The second-order valence-corrected chi connectivity index (χ2v) is 21.0. The number of unbranched alkanes of at least 4 members (excludes halogenated alkanes) is 2. The lowest BCUT2D eigenvalue weighted by Gasteiger charge is -2.23. The van der Waals surface area contributed by atoms with Crippen LogP contribution < -0.4 is 34.6 Å². The molecule has 4 heterocycles. The maximum absolute atomic E-state index is 14.2. The summed E-state index contributed by atoms with van der Waals surface area (Å²) in [7, 11) is 3.19. The van der Waals surface area contributed by atoms with Gasteiger partial charge in [0.25, 0.3) is 11.8 Å². The van der Waals surface area contributed by atoms with Gasteiger partial charge in [-0.3, -0.25) is 28.8 Å². The van der Waals surface area contributed by atoms with Crippen molar-refractivity contribution in [2.24, 2.45) is 5.92 Å². The summed E-state index contributed by atoms with van der Waals surface area (Å²) in [5.41, 5.74) is 10.2. The fraction of sp³-hybridized carbons (Fsp3) is 0.419. The van der Waals surface area contributed by atoms with E-state index >= 15 is 0 Å². The minimum Gasteiger partial charge on any atom is -0.493 e. The minimum atomic E-state index is -0.797. The van der Waals surface area contributed by atoms with Crippen molar-refractivity contribution < 1.29 is 47.7 Å². The van der Waals surface area contributed by atoms with Crippen molar-refractivity contribution in [3.05, 3.63) is 141 Å². The molecule has 0 fully saturated rings. The zero-order chi connectivity index (χ0) is 53.5. The van der Waals surface area contributed by atoms with E-state index in [9.17, 15) is 28.8 Å². The van der Waals surface area contributed by atoms with Gasteiger partial charge in [0.15, 0.2) is 17.3 Å². The number of nitrogens with one attached hydrogen (secondary N) is 2. The van der Waals surface area contributed by atoms with E-state index in [1.54, 1.807) is 34.1 Å². The number of rotatable bonds is 23. The second kappa shape index (κ2) is 24.1. The fourth-order valence-corrected chi connectivity index (χ4v) is 11.3. The molecule has 398 valence electrons. The third-order valence-corrected chi connectivity index (χ3v) is 15.4. The number of carbonyl (C=O) groups excluding carboxylic acids is 6. The van der Waals surface area contributed by atoms with E-state index in [0.717, 1.165) is 84.1 Å². The quantitative estimate of drug-likeness (QED) is 0.0601. The first-order chi connectivity index (χ1) is 36.8. The van der Waals surface area contributed by atoms with Crippen LogP contribution in [0.1, 0.15) is 138 Å². The van der Waals surface area contributed by atoms with Gasteiger partial charge < -0.3 is 39.4 Å². The summed E-state index contributed by atoms with van der Waals surface area (Å²) < 4.78 is 24.0. The molecule has 4 aliphatic rings. The highest BCUT2D eigenvalue weighted by Crippen LogP contribution is 2.42. The maximum atomic E-state index is 14.2. The first kappa shape index (κ1) is 53.5. The molecule has 0 saturated carbocycles. The zero-order valence-electron chi connectivity index (χ0n) is 44.5. The van der Waals surface area contributed by atoms with Crippen LogP contribution in [0, 0.1) is 12.8 Å². The van der Waals surface area contributed by atoms with Crippen molar-refractivity contribution in [1.29, 1.82) is 0 Å². The molecule has 0 radical (unpaired) electrons. The summed E-state index contributed by atoms with van der Waals surface area (Å²) in [4.78, 5) is 84.3. The standard InChI is InChI=1S/C62H70N4O10/c1-38-26-51-43(21-23-48-31-45-14-6-9-18-53(45)65(48)61(51)71)33-56(38)75-36-41-28-42(37-76-58-34-44-22-24-49-32-46-15-7-10-19-54(46)66(49)62(72)52(44)35-57(58)74-5)30-47(29-41)64-60(70)39(2)27-55(68)40(3)63-59(69)20-11-8-16-50(67)17-12-13-25-73-4/h6-7,9-10,14-15,18-19,26,28-30,33-35,39-40,48-49H,8,11-13,16-17,20-25,27,31-32,36-37H2,1-5H3,(H,63,69)(H,64,70)/t39-,40+,48-,49-/m1/s1. The lowest BCUT2D eigenvalue weighted by molar-refractivity contribution is -0.129. The van der Waals surface area contributed by atoms with Crippen molar-refractivity contribution in [3.8, 4) is 17.2 Å². The van der Waals surface area contributed by atoms with Crippen LogP contribution in [-0.2, 0) is 62.8 Å². The summed E-state index contributed by atoms with van der Waals surface area (Å²) in [5.74, 6) is 0.0286. The molecule has 76 heavy (non-hydrogen) atoms. The number of ether oxygens (including phenoxy) is 4. The van der Waals surface area contributed by atoms with E-state index in [1.165, 1.54) is 11.1 Å². The molecule has 0 saturated heterocycles. The Kier molecular flexibility index (Phi) is 17.0. The summed E-state index contributed by atoms with van der Waals surface area (Å²) >= 11 is 0. The van der Waals surface area contributed by atoms with Crippen molar-refractivity contribution in [3.63, 3.8) is 0 Å². The molecular formula is C62H70N4O10. The average molecular weight is 1030 g/mol. The summed E-state index contributed by atoms with van der Waals surface area (Å²) in [6.45, 7) is 6.09. The van der Waals surface area contributed by atoms with Crippen molar-refractivity contribution in [2.75, 3.05) is 35.9 Å². The largest absolute Gasteiger partial charge is 0.493 e. The number of anilines is 3. The van der Waals surface area contributed by atoms with Gasteiger partial charge in [0.1, 0.15) is 24.7 Å². The molecule has 14 nitrogen and oxygen atoms in total. The second-order valence-electron chi connectivity index (χ2n) is 21.0. The molecular weight excluding hydrogens is 961 g/mol. The Bertz CT molecular complexity index is 3020. The number of carbonyl (C=O) groups is 6. The van der Waals surface area contributed by atoms with Crippen LogP contribution in [0.15, 0.2) is 91.0 Å². The van der Waals surface area contributed by atoms with Crippen molar-refractivity contribution in [2.45, 2.75) is 142 Å². The van der Waals surface area contributed by atoms with Crippen LogP contribution in [0.4, 0.5) is 17.1 Å².